The lowest BCUT2D eigenvalue weighted by atomic mass is 9.96. The number of nitrogens with two attached hydrogens (primary N) is 1. The second kappa shape index (κ2) is 10.7. The normalized spacial score (nSPS) is 24.6. The molecule has 0 saturated carbocycles. The van der Waals surface area contributed by atoms with Crippen molar-refractivity contribution >= 4 is 30.1 Å². The molecule has 2 rings (SSSR count). The van der Waals surface area contributed by atoms with Gasteiger partial charge in [0.25, 0.3) is 0 Å². The smallest absolute Gasteiger partial charge is 0.239 e. The number of likely N-dealkylation sites (tertiary alicyclic amines) is 1. The molecule has 2 aliphatic heterocycles. The average molecular weight is 352 g/mol. The van der Waals surface area contributed by atoms with Gasteiger partial charge in [0.2, 0.25) is 5.91 Å². The van der Waals surface area contributed by atoms with Crippen molar-refractivity contribution in [3.63, 3.8) is 0 Å². The summed E-state index contributed by atoms with van der Waals surface area (Å²) in [6, 6.07) is -0.320. The molecular weight excluding hydrogens is 322 g/mol. The van der Waals surface area contributed by atoms with Crippen LogP contribution >= 0.6 is 24.2 Å². The number of piperidine rings is 1. The minimum atomic E-state index is -0.320. The van der Waals surface area contributed by atoms with Crippen molar-refractivity contribution in [3.05, 3.63) is 0 Å². The molecule has 0 aromatic carbocycles. The average Bonchev–Trinajstić information content (AvgIpc) is 2.53. The molecular formula is C15H30ClN3O2S. The molecule has 0 radical (unpaired) electrons. The number of ether oxygens (including phenoxy) is 1. The largest absolute Gasteiger partial charge is 0.379 e. The van der Waals surface area contributed by atoms with Crippen molar-refractivity contribution in [2.45, 2.75) is 25.3 Å². The van der Waals surface area contributed by atoms with Gasteiger partial charge in [0.15, 0.2) is 0 Å². The molecule has 0 aromatic rings. The topological polar surface area (TPSA) is 58.8 Å². The fourth-order valence-electron chi connectivity index (χ4n) is 3.17. The van der Waals surface area contributed by atoms with Crippen molar-refractivity contribution < 1.29 is 9.53 Å². The van der Waals surface area contributed by atoms with Crippen LogP contribution < -0.4 is 5.73 Å². The number of nitrogens with zero attached hydrogens (tertiary/aromatic N) is 2. The summed E-state index contributed by atoms with van der Waals surface area (Å²) in [6.45, 7) is 6.58. The van der Waals surface area contributed by atoms with E-state index in [-0.39, 0.29) is 24.4 Å². The van der Waals surface area contributed by atoms with Crippen molar-refractivity contribution in [1.29, 1.82) is 0 Å². The molecule has 0 bridgehead atoms. The fraction of sp³-hybridized carbons (Fsp3) is 0.933. The van der Waals surface area contributed by atoms with Gasteiger partial charge >= 0.3 is 0 Å². The van der Waals surface area contributed by atoms with Crippen LogP contribution in [0.3, 0.4) is 0 Å². The SMILES string of the molecule is CSCC[C@H](N)C(=O)N1CCCC(CN2CCOCC2)C1.Cl. The monoisotopic (exact) mass is 351 g/mol. The highest BCUT2D eigenvalue weighted by Gasteiger charge is 2.28. The Morgan fingerprint density at radius 2 is 2.09 bits per heavy atom. The molecule has 2 saturated heterocycles. The van der Waals surface area contributed by atoms with Gasteiger partial charge in [0, 0.05) is 32.7 Å². The Balaban J connectivity index is 0.00000242. The number of thioether (sulfide) groups is 1. The predicted octanol–water partition coefficient (Wildman–Crippen LogP) is 1.06. The molecule has 0 aliphatic carbocycles. The third kappa shape index (κ3) is 6.24. The van der Waals surface area contributed by atoms with E-state index >= 15 is 0 Å². The zero-order valence-electron chi connectivity index (χ0n) is 13.5. The van der Waals surface area contributed by atoms with Crippen molar-refractivity contribution in [2.24, 2.45) is 11.7 Å². The Morgan fingerprint density at radius 3 is 2.77 bits per heavy atom. The number of halogens is 1. The maximum absolute atomic E-state index is 12.4. The van der Waals surface area contributed by atoms with E-state index < -0.39 is 0 Å². The first-order valence-corrected chi connectivity index (χ1v) is 9.43. The third-order valence-electron chi connectivity index (χ3n) is 4.40. The molecule has 5 nitrogen and oxygen atoms in total. The van der Waals surface area contributed by atoms with E-state index in [0.717, 1.165) is 64.5 Å². The molecule has 1 unspecified atom stereocenters. The van der Waals surface area contributed by atoms with Crippen LogP contribution in [0.25, 0.3) is 0 Å². The minimum Gasteiger partial charge on any atom is -0.379 e. The van der Waals surface area contributed by atoms with Gasteiger partial charge in [-0.15, -0.1) is 12.4 Å². The second-order valence-electron chi connectivity index (χ2n) is 6.09. The highest BCUT2D eigenvalue weighted by atomic mass is 35.5. The Labute approximate surface area is 144 Å². The lowest BCUT2D eigenvalue weighted by molar-refractivity contribution is -0.134. The number of carbonyl (C=O) groups is 1. The highest BCUT2D eigenvalue weighted by Crippen LogP contribution is 2.19. The first-order valence-electron chi connectivity index (χ1n) is 8.04. The van der Waals surface area contributed by atoms with Gasteiger partial charge in [-0.1, -0.05) is 0 Å². The van der Waals surface area contributed by atoms with E-state index in [1.54, 1.807) is 11.8 Å². The maximum Gasteiger partial charge on any atom is 0.239 e. The molecule has 7 heteroatoms. The molecule has 0 aromatic heterocycles. The summed E-state index contributed by atoms with van der Waals surface area (Å²) in [4.78, 5) is 16.9. The summed E-state index contributed by atoms with van der Waals surface area (Å²) in [5, 5.41) is 0. The Morgan fingerprint density at radius 1 is 1.36 bits per heavy atom. The van der Waals surface area contributed by atoms with Gasteiger partial charge in [-0.05, 0) is 37.2 Å². The second-order valence-corrected chi connectivity index (χ2v) is 7.08. The van der Waals surface area contributed by atoms with Gasteiger partial charge in [-0.2, -0.15) is 11.8 Å². The van der Waals surface area contributed by atoms with Crippen LogP contribution in [0, 0.1) is 5.92 Å². The van der Waals surface area contributed by atoms with Crippen LogP contribution in [-0.2, 0) is 9.53 Å². The van der Waals surface area contributed by atoms with Crippen molar-refractivity contribution in [3.8, 4) is 0 Å². The van der Waals surface area contributed by atoms with Crippen LogP contribution in [0.15, 0.2) is 0 Å². The first kappa shape index (κ1) is 20.0. The van der Waals surface area contributed by atoms with E-state index in [2.05, 4.69) is 11.2 Å². The third-order valence-corrected chi connectivity index (χ3v) is 5.04. The number of amides is 1. The van der Waals surface area contributed by atoms with Crippen LogP contribution in [0.1, 0.15) is 19.3 Å². The maximum atomic E-state index is 12.4. The number of hydrogen-bond acceptors (Lipinski definition) is 5. The van der Waals surface area contributed by atoms with E-state index in [1.807, 2.05) is 4.90 Å². The minimum absolute atomic E-state index is 0. The molecule has 0 spiro atoms. The zero-order valence-corrected chi connectivity index (χ0v) is 15.2. The van der Waals surface area contributed by atoms with Gasteiger partial charge < -0.3 is 15.4 Å². The molecule has 22 heavy (non-hydrogen) atoms. The van der Waals surface area contributed by atoms with E-state index in [4.69, 9.17) is 10.5 Å². The molecule has 2 atom stereocenters. The van der Waals surface area contributed by atoms with Crippen LogP contribution in [0.4, 0.5) is 0 Å². The molecule has 2 heterocycles. The highest BCUT2D eigenvalue weighted by molar-refractivity contribution is 7.98. The van der Waals surface area contributed by atoms with Gasteiger partial charge in [0.05, 0.1) is 19.3 Å². The molecule has 2 fully saturated rings. The Hall–Kier alpha value is -0.0100. The summed E-state index contributed by atoms with van der Waals surface area (Å²) in [5.74, 6) is 1.70. The summed E-state index contributed by atoms with van der Waals surface area (Å²) in [5.41, 5.74) is 6.03. The molecule has 130 valence electrons. The summed E-state index contributed by atoms with van der Waals surface area (Å²) < 4.78 is 5.39. The van der Waals surface area contributed by atoms with Crippen LogP contribution in [0.5, 0.6) is 0 Å². The summed E-state index contributed by atoms with van der Waals surface area (Å²) in [7, 11) is 0. The van der Waals surface area contributed by atoms with Crippen LogP contribution in [0.2, 0.25) is 0 Å². The lowest BCUT2D eigenvalue weighted by Gasteiger charge is -2.37. The summed E-state index contributed by atoms with van der Waals surface area (Å²) in [6.07, 6.45) is 5.16. The van der Waals surface area contributed by atoms with Gasteiger partial charge in [-0.3, -0.25) is 9.69 Å². The molecule has 2 aliphatic rings. The quantitative estimate of drug-likeness (QED) is 0.775. The standard InChI is InChI=1S/C15H29N3O2S.ClH/c1-21-10-4-14(16)15(19)18-5-2-3-13(12-18)11-17-6-8-20-9-7-17;/h13-14H,2-12,16H2,1H3;1H/t13?,14-;/m0./s1. The number of hydrogen-bond donors (Lipinski definition) is 1. The van der Waals surface area contributed by atoms with Crippen molar-refractivity contribution in [2.75, 3.05) is 57.9 Å². The number of rotatable bonds is 6. The molecule has 1 amide bonds. The Kier molecular flexibility index (Phi) is 9.75. The zero-order chi connectivity index (χ0) is 15.1. The predicted molar refractivity (Wildman–Crippen MR) is 94.8 cm³/mol. The van der Waals surface area contributed by atoms with E-state index in [0.29, 0.717) is 5.92 Å². The summed E-state index contributed by atoms with van der Waals surface area (Å²) >= 11 is 1.75. The fourth-order valence-corrected chi connectivity index (χ4v) is 3.66. The van der Waals surface area contributed by atoms with E-state index in [1.165, 1.54) is 6.42 Å². The van der Waals surface area contributed by atoms with Gasteiger partial charge in [0.1, 0.15) is 0 Å². The van der Waals surface area contributed by atoms with E-state index in [9.17, 15) is 4.79 Å². The number of carbonyl (C=O) groups excluding carboxylic acids is 1. The van der Waals surface area contributed by atoms with Crippen molar-refractivity contribution in [1.82, 2.24) is 9.80 Å². The van der Waals surface area contributed by atoms with Crippen LogP contribution in [-0.4, -0.2) is 79.7 Å². The Bertz CT molecular complexity index is 330. The first-order chi connectivity index (χ1) is 10.2. The lowest BCUT2D eigenvalue weighted by Crippen LogP contribution is -2.50. The van der Waals surface area contributed by atoms with Gasteiger partial charge in [-0.25, -0.2) is 0 Å². The number of morpholine rings is 1. The molecule has 2 N–H and O–H groups in total.